The van der Waals surface area contributed by atoms with Crippen molar-refractivity contribution in [2.24, 2.45) is 5.10 Å². The molecular formula is C16H14Cl2N2O3. The van der Waals surface area contributed by atoms with Crippen LogP contribution in [0.15, 0.2) is 47.6 Å². The van der Waals surface area contributed by atoms with E-state index in [0.717, 1.165) is 5.56 Å². The second-order valence-electron chi connectivity index (χ2n) is 4.43. The van der Waals surface area contributed by atoms with E-state index >= 15 is 0 Å². The van der Waals surface area contributed by atoms with E-state index in [0.29, 0.717) is 21.5 Å². The van der Waals surface area contributed by atoms with E-state index in [4.69, 9.17) is 32.7 Å². The van der Waals surface area contributed by atoms with Crippen molar-refractivity contribution in [1.82, 2.24) is 5.43 Å². The molecule has 0 aliphatic heterocycles. The molecule has 0 aliphatic rings. The lowest BCUT2D eigenvalue weighted by Gasteiger charge is -2.07. The van der Waals surface area contributed by atoms with Crippen LogP contribution in [-0.2, 0) is 4.79 Å². The van der Waals surface area contributed by atoms with Crippen LogP contribution in [-0.4, -0.2) is 25.8 Å². The number of nitrogens with one attached hydrogen (secondary N) is 1. The highest BCUT2D eigenvalue weighted by Gasteiger charge is 2.05. The lowest BCUT2D eigenvalue weighted by atomic mass is 10.2. The minimum atomic E-state index is -0.407. The first-order chi connectivity index (χ1) is 11.1. The minimum absolute atomic E-state index is 0.212. The molecule has 0 radical (unpaired) electrons. The van der Waals surface area contributed by atoms with Gasteiger partial charge in [0.05, 0.1) is 18.3 Å². The minimum Gasteiger partial charge on any atom is -0.497 e. The Bertz CT molecular complexity index is 720. The molecule has 1 N–H and O–H groups in total. The molecule has 5 nitrogen and oxygen atoms in total. The van der Waals surface area contributed by atoms with E-state index in [1.165, 1.54) is 12.3 Å². The Morgan fingerprint density at radius 3 is 2.83 bits per heavy atom. The first kappa shape index (κ1) is 17.1. The molecule has 0 heterocycles. The van der Waals surface area contributed by atoms with Crippen LogP contribution >= 0.6 is 23.2 Å². The number of hydrogen-bond acceptors (Lipinski definition) is 4. The van der Waals surface area contributed by atoms with Crippen molar-refractivity contribution in [2.75, 3.05) is 13.7 Å². The zero-order valence-corrected chi connectivity index (χ0v) is 13.8. The van der Waals surface area contributed by atoms with Crippen LogP contribution in [0.5, 0.6) is 11.5 Å². The molecule has 2 aromatic carbocycles. The number of methoxy groups -OCH3 is 1. The maximum absolute atomic E-state index is 11.7. The fourth-order valence-electron chi connectivity index (χ4n) is 1.67. The molecule has 0 saturated carbocycles. The van der Waals surface area contributed by atoms with E-state index < -0.39 is 5.91 Å². The fourth-order valence-corrected chi connectivity index (χ4v) is 2.13. The van der Waals surface area contributed by atoms with Gasteiger partial charge in [0.15, 0.2) is 6.61 Å². The summed E-state index contributed by atoms with van der Waals surface area (Å²) < 4.78 is 10.4. The standard InChI is InChI=1S/C16H14Cl2N2O3/c1-22-13-4-2-3-11(7-13)9-19-20-16(21)10-23-15-6-5-12(17)8-14(15)18/h2-9H,10H2,1H3,(H,20,21)/b19-9-. The van der Waals surface area contributed by atoms with Crippen LogP contribution in [0, 0.1) is 0 Å². The fraction of sp³-hybridized carbons (Fsp3) is 0.125. The van der Waals surface area contributed by atoms with Crippen molar-refractivity contribution < 1.29 is 14.3 Å². The molecule has 0 fully saturated rings. The topological polar surface area (TPSA) is 59.9 Å². The maximum Gasteiger partial charge on any atom is 0.277 e. The number of hydrogen-bond donors (Lipinski definition) is 1. The molecule has 0 bridgehead atoms. The number of benzene rings is 2. The van der Waals surface area contributed by atoms with Gasteiger partial charge in [0.1, 0.15) is 11.5 Å². The van der Waals surface area contributed by atoms with Crippen LogP contribution < -0.4 is 14.9 Å². The number of nitrogens with zero attached hydrogens (tertiary/aromatic N) is 1. The van der Waals surface area contributed by atoms with Gasteiger partial charge in [-0.1, -0.05) is 35.3 Å². The number of carbonyl (C=O) groups excluding carboxylic acids is 1. The first-order valence-corrected chi connectivity index (χ1v) is 7.38. The molecule has 2 aromatic rings. The average Bonchev–Trinajstić information content (AvgIpc) is 2.54. The predicted molar refractivity (Wildman–Crippen MR) is 90.7 cm³/mol. The lowest BCUT2D eigenvalue weighted by molar-refractivity contribution is -0.123. The molecular weight excluding hydrogens is 339 g/mol. The average molecular weight is 353 g/mol. The first-order valence-electron chi connectivity index (χ1n) is 6.62. The van der Waals surface area contributed by atoms with Gasteiger partial charge in [0.2, 0.25) is 0 Å². The number of carbonyl (C=O) groups is 1. The highest BCUT2D eigenvalue weighted by molar-refractivity contribution is 6.35. The Labute approximate surface area is 143 Å². The van der Waals surface area contributed by atoms with Crippen molar-refractivity contribution in [1.29, 1.82) is 0 Å². The number of hydrazone groups is 1. The zero-order chi connectivity index (χ0) is 16.7. The van der Waals surface area contributed by atoms with Crippen molar-refractivity contribution in [2.45, 2.75) is 0 Å². The van der Waals surface area contributed by atoms with Crippen molar-refractivity contribution >= 4 is 35.3 Å². The van der Waals surface area contributed by atoms with Crippen LogP contribution in [0.1, 0.15) is 5.56 Å². The van der Waals surface area contributed by atoms with Gasteiger partial charge in [-0.2, -0.15) is 5.10 Å². The molecule has 0 spiro atoms. The Kier molecular flexibility index (Phi) is 6.26. The second kappa shape index (κ2) is 8.41. The SMILES string of the molecule is COc1cccc(/C=N\NC(=O)COc2ccc(Cl)cc2Cl)c1. The van der Waals surface area contributed by atoms with Crippen LogP contribution in [0.4, 0.5) is 0 Å². The predicted octanol–water partition coefficient (Wildman–Crippen LogP) is 3.53. The van der Waals surface area contributed by atoms with Crippen molar-refractivity contribution in [3.05, 3.63) is 58.1 Å². The highest BCUT2D eigenvalue weighted by Crippen LogP contribution is 2.27. The monoisotopic (exact) mass is 352 g/mol. The van der Waals surface area contributed by atoms with Gasteiger partial charge in [-0.15, -0.1) is 0 Å². The Balaban J connectivity index is 1.83. The summed E-state index contributed by atoms with van der Waals surface area (Å²) in [6.07, 6.45) is 1.51. The largest absolute Gasteiger partial charge is 0.497 e. The van der Waals surface area contributed by atoms with E-state index in [2.05, 4.69) is 10.5 Å². The molecule has 120 valence electrons. The molecule has 0 aliphatic carbocycles. The number of amides is 1. The van der Waals surface area contributed by atoms with Gasteiger partial charge in [-0.3, -0.25) is 4.79 Å². The number of ether oxygens (including phenoxy) is 2. The van der Waals surface area contributed by atoms with E-state index in [1.807, 2.05) is 18.2 Å². The quantitative estimate of drug-likeness (QED) is 0.638. The van der Waals surface area contributed by atoms with E-state index in [9.17, 15) is 4.79 Å². The van der Waals surface area contributed by atoms with Crippen LogP contribution in [0.25, 0.3) is 0 Å². The van der Waals surface area contributed by atoms with Crippen molar-refractivity contribution in [3.8, 4) is 11.5 Å². The molecule has 7 heteroatoms. The Morgan fingerprint density at radius 2 is 2.09 bits per heavy atom. The lowest BCUT2D eigenvalue weighted by Crippen LogP contribution is -2.24. The number of halogens is 2. The van der Waals surface area contributed by atoms with Gasteiger partial charge < -0.3 is 9.47 Å². The summed E-state index contributed by atoms with van der Waals surface area (Å²) in [4.78, 5) is 11.7. The molecule has 0 saturated heterocycles. The highest BCUT2D eigenvalue weighted by atomic mass is 35.5. The van der Waals surface area contributed by atoms with Gasteiger partial charge >= 0.3 is 0 Å². The molecule has 23 heavy (non-hydrogen) atoms. The van der Waals surface area contributed by atoms with Gasteiger partial charge in [-0.05, 0) is 35.9 Å². The summed E-state index contributed by atoms with van der Waals surface area (Å²) in [5, 5.41) is 4.68. The summed E-state index contributed by atoms with van der Waals surface area (Å²) in [5.41, 5.74) is 3.16. The van der Waals surface area contributed by atoms with E-state index in [1.54, 1.807) is 25.3 Å². The summed E-state index contributed by atoms with van der Waals surface area (Å²) >= 11 is 11.7. The molecule has 2 rings (SSSR count). The maximum atomic E-state index is 11.7. The number of rotatable bonds is 6. The van der Waals surface area contributed by atoms with Gasteiger partial charge in [0.25, 0.3) is 5.91 Å². The summed E-state index contributed by atoms with van der Waals surface area (Å²) in [6.45, 7) is -0.212. The van der Waals surface area contributed by atoms with Crippen LogP contribution in [0.2, 0.25) is 10.0 Å². The molecule has 0 unspecified atom stereocenters. The zero-order valence-electron chi connectivity index (χ0n) is 12.3. The summed E-state index contributed by atoms with van der Waals surface area (Å²) in [7, 11) is 1.58. The summed E-state index contributed by atoms with van der Waals surface area (Å²) in [5.74, 6) is 0.680. The summed E-state index contributed by atoms with van der Waals surface area (Å²) in [6, 6.07) is 12.0. The van der Waals surface area contributed by atoms with Gasteiger partial charge in [-0.25, -0.2) is 5.43 Å². The third kappa shape index (κ3) is 5.47. The second-order valence-corrected chi connectivity index (χ2v) is 5.28. The normalized spacial score (nSPS) is 10.6. The molecule has 1 amide bonds. The Morgan fingerprint density at radius 1 is 1.26 bits per heavy atom. The van der Waals surface area contributed by atoms with Crippen molar-refractivity contribution in [3.63, 3.8) is 0 Å². The smallest absolute Gasteiger partial charge is 0.277 e. The third-order valence-corrected chi connectivity index (χ3v) is 3.28. The Hall–Kier alpha value is -2.24. The van der Waals surface area contributed by atoms with Crippen LogP contribution in [0.3, 0.4) is 0 Å². The molecule has 0 aromatic heterocycles. The third-order valence-electron chi connectivity index (χ3n) is 2.75. The van der Waals surface area contributed by atoms with Gasteiger partial charge in [0, 0.05) is 5.02 Å². The molecule has 0 atom stereocenters. The van der Waals surface area contributed by atoms with E-state index in [-0.39, 0.29) is 6.61 Å².